The summed E-state index contributed by atoms with van der Waals surface area (Å²) in [6.07, 6.45) is 4.14. The summed E-state index contributed by atoms with van der Waals surface area (Å²) in [5, 5.41) is 0. The van der Waals surface area contributed by atoms with Crippen molar-refractivity contribution in [3.8, 4) is 0 Å². The average Bonchev–Trinajstić information content (AvgIpc) is 2.48. The van der Waals surface area contributed by atoms with Crippen LogP contribution in [0.4, 0.5) is 0 Å². The first kappa shape index (κ1) is 15.0. The van der Waals surface area contributed by atoms with Gasteiger partial charge in [-0.05, 0) is 38.8 Å². The Morgan fingerprint density at radius 2 is 1.95 bits per heavy atom. The molecule has 1 aromatic carbocycles. The van der Waals surface area contributed by atoms with Gasteiger partial charge in [0.05, 0.1) is 0 Å². The summed E-state index contributed by atoms with van der Waals surface area (Å²) in [6.45, 7) is 9.17. The Kier molecular flexibility index (Phi) is 4.63. The SMILES string of the molecule is Cc1ccc(C(N)CN2CC3CCCCN3CC2C)cc1. The molecule has 0 aliphatic carbocycles. The van der Waals surface area contributed by atoms with E-state index in [0.29, 0.717) is 6.04 Å². The van der Waals surface area contributed by atoms with E-state index < -0.39 is 0 Å². The third kappa shape index (κ3) is 3.47. The van der Waals surface area contributed by atoms with Gasteiger partial charge >= 0.3 is 0 Å². The minimum atomic E-state index is 0.128. The van der Waals surface area contributed by atoms with Crippen LogP contribution in [0.1, 0.15) is 43.4 Å². The lowest BCUT2D eigenvalue weighted by Gasteiger charge is -2.48. The van der Waals surface area contributed by atoms with Crippen LogP contribution in [0.15, 0.2) is 24.3 Å². The maximum atomic E-state index is 6.45. The second kappa shape index (κ2) is 6.47. The molecular weight excluding hydrogens is 258 g/mol. The number of nitrogens with zero attached hydrogens (tertiary/aromatic N) is 2. The molecule has 21 heavy (non-hydrogen) atoms. The minimum Gasteiger partial charge on any atom is -0.323 e. The van der Waals surface area contributed by atoms with Gasteiger partial charge in [-0.2, -0.15) is 0 Å². The fourth-order valence-electron chi connectivity index (χ4n) is 3.84. The van der Waals surface area contributed by atoms with Gasteiger partial charge in [-0.25, -0.2) is 0 Å². The molecule has 0 amide bonds. The monoisotopic (exact) mass is 287 g/mol. The van der Waals surface area contributed by atoms with E-state index in [0.717, 1.165) is 12.6 Å². The minimum absolute atomic E-state index is 0.128. The first-order valence-corrected chi connectivity index (χ1v) is 8.44. The number of nitrogens with two attached hydrogens (primary N) is 1. The van der Waals surface area contributed by atoms with Crippen molar-refractivity contribution in [2.45, 2.75) is 51.2 Å². The summed E-state index contributed by atoms with van der Waals surface area (Å²) in [5.74, 6) is 0. The largest absolute Gasteiger partial charge is 0.323 e. The number of aryl methyl sites for hydroxylation is 1. The molecule has 2 saturated heterocycles. The van der Waals surface area contributed by atoms with E-state index >= 15 is 0 Å². The summed E-state index contributed by atoms with van der Waals surface area (Å²) in [6, 6.07) is 10.2. The summed E-state index contributed by atoms with van der Waals surface area (Å²) in [4.78, 5) is 5.30. The van der Waals surface area contributed by atoms with E-state index in [9.17, 15) is 0 Å². The predicted molar refractivity (Wildman–Crippen MR) is 88.4 cm³/mol. The highest BCUT2D eigenvalue weighted by Crippen LogP contribution is 2.25. The lowest BCUT2D eigenvalue weighted by molar-refractivity contribution is 0.0125. The highest BCUT2D eigenvalue weighted by molar-refractivity contribution is 5.24. The Labute approximate surface area is 129 Å². The van der Waals surface area contributed by atoms with Crippen molar-refractivity contribution in [2.24, 2.45) is 5.73 Å². The second-order valence-electron chi connectivity index (χ2n) is 6.96. The van der Waals surface area contributed by atoms with Crippen LogP contribution in [0.25, 0.3) is 0 Å². The van der Waals surface area contributed by atoms with Crippen LogP contribution in [0.5, 0.6) is 0 Å². The van der Waals surface area contributed by atoms with Crippen molar-refractivity contribution in [1.82, 2.24) is 9.80 Å². The molecule has 0 saturated carbocycles. The quantitative estimate of drug-likeness (QED) is 0.927. The van der Waals surface area contributed by atoms with Crippen LogP contribution in [0.3, 0.4) is 0 Å². The number of hydrogen-bond acceptors (Lipinski definition) is 3. The van der Waals surface area contributed by atoms with Crippen molar-refractivity contribution < 1.29 is 0 Å². The Morgan fingerprint density at radius 3 is 2.71 bits per heavy atom. The number of hydrogen-bond donors (Lipinski definition) is 1. The topological polar surface area (TPSA) is 32.5 Å². The van der Waals surface area contributed by atoms with Gasteiger partial charge in [0.2, 0.25) is 0 Å². The van der Waals surface area contributed by atoms with Crippen molar-refractivity contribution in [3.05, 3.63) is 35.4 Å². The molecule has 0 spiro atoms. The van der Waals surface area contributed by atoms with Gasteiger partial charge in [-0.3, -0.25) is 9.80 Å². The molecule has 2 heterocycles. The molecule has 3 atom stereocenters. The van der Waals surface area contributed by atoms with Gasteiger partial charge in [0.25, 0.3) is 0 Å². The first-order chi connectivity index (χ1) is 10.1. The smallest absolute Gasteiger partial charge is 0.0424 e. The molecule has 2 aliphatic heterocycles. The van der Waals surface area contributed by atoms with Crippen LogP contribution >= 0.6 is 0 Å². The third-order valence-corrected chi connectivity index (χ3v) is 5.25. The first-order valence-electron chi connectivity index (χ1n) is 8.44. The molecule has 1 aromatic rings. The normalized spacial score (nSPS) is 29.1. The zero-order valence-electron chi connectivity index (χ0n) is 13.5. The number of piperazine rings is 1. The van der Waals surface area contributed by atoms with Gasteiger partial charge in [-0.1, -0.05) is 36.2 Å². The van der Waals surface area contributed by atoms with E-state index in [2.05, 4.69) is 47.9 Å². The Balaban J connectivity index is 1.62. The van der Waals surface area contributed by atoms with Gasteiger partial charge in [0.15, 0.2) is 0 Å². The highest BCUT2D eigenvalue weighted by Gasteiger charge is 2.33. The summed E-state index contributed by atoms with van der Waals surface area (Å²) >= 11 is 0. The van der Waals surface area contributed by atoms with Crippen LogP contribution in [0.2, 0.25) is 0 Å². The van der Waals surface area contributed by atoms with Gasteiger partial charge in [-0.15, -0.1) is 0 Å². The summed E-state index contributed by atoms with van der Waals surface area (Å²) in [5.41, 5.74) is 9.01. The predicted octanol–water partition coefficient (Wildman–Crippen LogP) is 2.55. The molecule has 2 aliphatic rings. The van der Waals surface area contributed by atoms with E-state index in [-0.39, 0.29) is 6.04 Å². The second-order valence-corrected chi connectivity index (χ2v) is 6.96. The maximum Gasteiger partial charge on any atom is 0.0424 e. The Hall–Kier alpha value is -0.900. The third-order valence-electron chi connectivity index (χ3n) is 5.25. The van der Waals surface area contributed by atoms with E-state index in [1.807, 2.05) is 0 Å². The van der Waals surface area contributed by atoms with Crippen molar-refractivity contribution >= 4 is 0 Å². The number of piperidine rings is 1. The molecule has 2 N–H and O–H groups in total. The molecule has 3 rings (SSSR count). The molecule has 0 radical (unpaired) electrons. The van der Waals surface area contributed by atoms with Crippen LogP contribution in [-0.2, 0) is 0 Å². The lowest BCUT2D eigenvalue weighted by Crippen LogP contribution is -2.59. The molecule has 3 nitrogen and oxygen atoms in total. The van der Waals surface area contributed by atoms with Crippen molar-refractivity contribution in [3.63, 3.8) is 0 Å². The fraction of sp³-hybridized carbons (Fsp3) is 0.667. The lowest BCUT2D eigenvalue weighted by atomic mass is 9.96. The number of benzene rings is 1. The van der Waals surface area contributed by atoms with Gasteiger partial charge in [0, 0.05) is 37.8 Å². The zero-order chi connectivity index (χ0) is 14.8. The molecule has 0 aromatic heterocycles. The Morgan fingerprint density at radius 1 is 1.19 bits per heavy atom. The fourth-order valence-corrected chi connectivity index (χ4v) is 3.84. The van der Waals surface area contributed by atoms with Crippen LogP contribution < -0.4 is 5.73 Å². The number of rotatable bonds is 3. The summed E-state index contributed by atoms with van der Waals surface area (Å²) in [7, 11) is 0. The Bertz CT molecular complexity index is 456. The standard InChI is InChI=1S/C18H29N3/c1-14-6-8-16(9-7-14)18(19)13-21-12-17-5-3-4-10-20(17)11-15(21)2/h6-9,15,17-18H,3-5,10-13,19H2,1-2H3. The molecule has 2 fully saturated rings. The molecule has 116 valence electrons. The average molecular weight is 287 g/mol. The van der Waals surface area contributed by atoms with Crippen molar-refractivity contribution in [2.75, 3.05) is 26.2 Å². The molecule has 3 heteroatoms. The van der Waals surface area contributed by atoms with E-state index in [1.165, 1.54) is 50.0 Å². The zero-order valence-corrected chi connectivity index (χ0v) is 13.5. The van der Waals surface area contributed by atoms with Gasteiger partial charge in [0.1, 0.15) is 0 Å². The summed E-state index contributed by atoms with van der Waals surface area (Å²) < 4.78 is 0. The highest BCUT2D eigenvalue weighted by atomic mass is 15.3. The van der Waals surface area contributed by atoms with Crippen molar-refractivity contribution in [1.29, 1.82) is 0 Å². The van der Waals surface area contributed by atoms with Gasteiger partial charge < -0.3 is 5.73 Å². The number of fused-ring (bicyclic) bond motifs is 1. The molecule has 3 unspecified atom stereocenters. The molecular formula is C18H29N3. The molecule has 0 bridgehead atoms. The van der Waals surface area contributed by atoms with E-state index in [1.54, 1.807) is 0 Å². The maximum absolute atomic E-state index is 6.45. The van der Waals surface area contributed by atoms with Crippen LogP contribution in [-0.4, -0.2) is 48.1 Å². The van der Waals surface area contributed by atoms with E-state index in [4.69, 9.17) is 5.73 Å². The van der Waals surface area contributed by atoms with Crippen LogP contribution in [0, 0.1) is 6.92 Å².